The normalized spacial score (nSPS) is 11.4. The first-order valence-electron chi connectivity index (χ1n) is 9.64. The van der Waals surface area contributed by atoms with Crippen molar-refractivity contribution in [1.29, 1.82) is 0 Å². The fourth-order valence-electron chi connectivity index (χ4n) is 2.99. The fourth-order valence-corrected chi connectivity index (χ4v) is 4.42. The zero-order valence-corrected chi connectivity index (χ0v) is 18.0. The Morgan fingerprint density at radius 3 is 2.23 bits per heavy atom. The lowest BCUT2D eigenvalue weighted by Crippen LogP contribution is -2.30. The first-order valence-corrected chi connectivity index (χ1v) is 11.1. The van der Waals surface area contributed by atoms with Crippen molar-refractivity contribution in [2.75, 3.05) is 19.0 Å². The van der Waals surface area contributed by atoms with Crippen LogP contribution in [0.2, 0.25) is 0 Å². The number of anilines is 1. The summed E-state index contributed by atoms with van der Waals surface area (Å²) in [5.41, 5.74) is 1.16. The van der Waals surface area contributed by atoms with Gasteiger partial charge >= 0.3 is 0 Å². The number of carbonyl (C=O) groups is 1. The number of nitrogens with one attached hydrogen (secondary N) is 1. The molecule has 31 heavy (non-hydrogen) atoms. The number of sulfonamides is 1. The molecule has 1 amide bonds. The molecule has 0 saturated carbocycles. The van der Waals surface area contributed by atoms with Crippen LogP contribution in [0, 0.1) is 5.82 Å². The van der Waals surface area contributed by atoms with Gasteiger partial charge in [-0.05, 0) is 54.1 Å². The van der Waals surface area contributed by atoms with Gasteiger partial charge in [0, 0.05) is 18.7 Å². The molecule has 3 aromatic carbocycles. The van der Waals surface area contributed by atoms with Crippen LogP contribution >= 0.6 is 0 Å². The van der Waals surface area contributed by atoms with Crippen LogP contribution in [-0.4, -0.2) is 32.3 Å². The van der Waals surface area contributed by atoms with E-state index in [-0.39, 0.29) is 23.7 Å². The molecular weight excluding hydrogens is 419 g/mol. The highest BCUT2D eigenvalue weighted by atomic mass is 32.2. The van der Waals surface area contributed by atoms with Gasteiger partial charge in [0.2, 0.25) is 10.0 Å². The quantitative estimate of drug-likeness (QED) is 0.565. The van der Waals surface area contributed by atoms with Crippen LogP contribution in [0.3, 0.4) is 0 Å². The number of nitrogens with zero attached hydrogens (tertiary/aromatic N) is 1. The first-order chi connectivity index (χ1) is 14.8. The third-order valence-electron chi connectivity index (χ3n) is 4.75. The number of para-hydroxylation sites is 1. The third kappa shape index (κ3) is 5.28. The van der Waals surface area contributed by atoms with E-state index in [0.29, 0.717) is 11.3 Å². The number of benzene rings is 3. The minimum atomic E-state index is -3.69. The van der Waals surface area contributed by atoms with Gasteiger partial charge in [0.05, 0.1) is 17.7 Å². The average molecular weight is 443 g/mol. The third-order valence-corrected chi connectivity index (χ3v) is 6.68. The summed E-state index contributed by atoms with van der Waals surface area (Å²) >= 11 is 0. The van der Waals surface area contributed by atoms with E-state index < -0.39 is 21.7 Å². The summed E-state index contributed by atoms with van der Waals surface area (Å²) in [5, 5.41) is 2.52. The molecule has 8 heteroatoms. The summed E-state index contributed by atoms with van der Waals surface area (Å²) in [6.07, 6.45) is 0. The van der Waals surface area contributed by atoms with Crippen molar-refractivity contribution in [1.82, 2.24) is 4.31 Å². The summed E-state index contributed by atoms with van der Waals surface area (Å²) in [5.74, 6) is -0.393. The lowest BCUT2D eigenvalue weighted by Gasteiger charge is -2.21. The van der Waals surface area contributed by atoms with Crippen LogP contribution in [0.5, 0.6) is 5.75 Å². The zero-order chi connectivity index (χ0) is 22.4. The van der Waals surface area contributed by atoms with E-state index in [1.165, 1.54) is 35.7 Å². The molecule has 0 atom stereocenters. The van der Waals surface area contributed by atoms with Crippen LogP contribution in [-0.2, 0) is 16.6 Å². The highest BCUT2D eigenvalue weighted by Crippen LogP contribution is 2.21. The zero-order valence-electron chi connectivity index (χ0n) is 17.2. The van der Waals surface area contributed by atoms with Crippen molar-refractivity contribution in [2.24, 2.45) is 0 Å². The maximum Gasteiger partial charge on any atom is 0.255 e. The predicted octanol–water partition coefficient (Wildman–Crippen LogP) is 4.30. The Morgan fingerprint density at radius 2 is 1.65 bits per heavy atom. The van der Waals surface area contributed by atoms with Crippen molar-refractivity contribution < 1.29 is 22.3 Å². The van der Waals surface area contributed by atoms with Crippen molar-refractivity contribution in [2.45, 2.75) is 18.4 Å². The topological polar surface area (TPSA) is 75.7 Å². The van der Waals surface area contributed by atoms with Gasteiger partial charge in [-0.1, -0.05) is 31.2 Å². The van der Waals surface area contributed by atoms with E-state index >= 15 is 0 Å². The van der Waals surface area contributed by atoms with Crippen LogP contribution in [0.15, 0.2) is 77.7 Å². The molecule has 0 aromatic heterocycles. The number of halogens is 1. The molecule has 3 rings (SSSR count). The van der Waals surface area contributed by atoms with E-state index in [1.807, 2.05) is 0 Å². The molecule has 6 nitrogen and oxygen atoms in total. The second-order valence-electron chi connectivity index (χ2n) is 6.74. The highest BCUT2D eigenvalue weighted by molar-refractivity contribution is 7.89. The average Bonchev–Trinajstić information content (AvgIpc) is 2.79. The molecule has 0 aliphatic rings. The minimum absolute atomic E-state index is 0.0966. The maximum absolute atomic E-state index is 13.7. The summed E-state index contributed by atoms with van der Waals surface area (Å²) in [4.78, 5) is 12.5. The van der Waals surface area contributed by atoms with Crippen molar-refractivity contribution in [3.63, 3.8) is 0 Å². The van der Waals surface area contributed by atoms with Gasteiger partial charge < -0.3 is 10.1 Å². The largest absolute Gasteiger partial charge is 0.497 e. The fraction of sp³-hybridized carbons (Fsp3) is 0.174. The van der Waals surface area contributed by atoms with Crippen molar-refractivity contribution in [3.8, 4) is 5.75 Å². The van der Waals surface area contributed by atoms with E-state index in [4.69, 9.17) is 4.74 Å². The predicted molar refractivity (Wildman–Crippen MR) is 117 cm³/mol. The van der Waals surface area contributed by atoms with Crippen molar-refractivity contribution in [3.05, 3.63) is 89.7 Å². The molecule has 0 unspecified atom stereocenters. The maximum atomic E-state index is 13.7. The molecule has 0 radical (unpaired) electrons. The molecular formula is C23H23FN2O4S. The number of hydrogen-bond acceptors (Lipinski definition) is 4. The van der Waals surface area contributed by atoms with E-state index in [9.17, 15) is 17.6 Å². The second kappa shape index (κ2) is 9.72. The van der Waals surface area contributed by atoms with Gasteiger partial charge in [0.25, 0.3) is 5.91 Å². The SMILES string of the molecule is CCN(Cc1ccc(C(=O)Nc2ccccc2F)cc1)S(=O)(=O)c1ccc(OC)cc1. The molecule has 162 valence electrons. The van der Waals surface area contributed by atoms with Gasteiger partial charge in [-0.25, -0.2) is 12.8 Å². The Labute approximate surface area is 181 Å². The number of methoxy groups -OCH3 is 1. The number of ether oxygens (including phenoxy) is 1. The lowest BCUT2D eigenvalue weighted by molar-refractivity contribution is 0.102. The molecule has 0 fully saturated rings. The number of amides is 1. The van der Waals surface area contributed by atoms with Gasteiger partial charge in [-0.2, -0.15) is 4.31 Å². The highest BCUT2D eigenvalue weighted by Gasteiger charge is 2.23. The van der Waals surface area contributed by atoms with Crippen molar-refractivity contribution >= 4 is 21.6 Å². The molecule has 0 heterocycles. The standard InChI is InChI=1S/C23H23FN2O4S/c1-3-26(31(28,29)20-14-12-19(30-2)13-15-20)16-17-8-10-18(11-9-17)23(27)25-22-7-5-4-6-21(22)24/h4-15H,3,16H2,1-2H3,(H,25,27). The van der Waals surface area contributed by atoms with Gasteiger partial charge in [-0.15, -0.1) is 0 Å². The lowest BCUT2D eigenvalue weighted by atomic mass is 10.1. The van der Waals surface area contributed by atoms with Gasteiger partial charge in [0.1, 0.15) is 11.6 Å². The molecule has 0 aliphatic heterocycles. The smallest absolute Gasteiger partial charge is 0.255 e. The summed E-state index contributed by atoms with van der Waals surface area (Å²) in [6, 6.07) is 18.7. The number of rotatable bonds is 8. The summed E-state index contributed by atoms with van der Waals surface area (Å²) < 4.78 is 46.1. The molecule has 0 aliphatic carbocycles. The number of carbonyl (C=O) groups excluding carboxylic acids is 1. The minimum Gasteiger partial charge on any atom is -0.497 e. The van der Waals surface area contributed by atoms with E-state index in [2.05, 4.69) is 5.32 Å². The number of hydrogen-bond donors (Lipinski definition) is 1. The Hall–Kier alpha value is -3.23. The molecule has 3 aromatic rings. The Morgan fingerprint density at radius 1 is 1.00 bits per heavy atom. The Kier molecular flexibility index (Phi) is 7.04. The molecule has 0 bridgehead atoms. The van der Waals surface area contributed by atoms with Crippen LogP contribution in [0.4, 0.5) is 10.1 Å². The Balaban J connectivity index is 1.72. The summed E-state index contributed by atoms with van der Waals surface area (Å²) in [7, 11) is -2.17. The van der Waals surface area contributed by atoms with E-state index in [1.54, 1.807) is 55.5 Å². The second-order valence-corrected chi connectivity index (χ2v) is 8.68. The van der Waals surface area contributed by atoms with E-state index in [0.717, 1.165) is 5.56 Å². The first kappa shape index (κ1) is 22.5. The summed E-state index contributed by atoms with van der Waals surface area (Å²) in [6.45, 7) is 2.20. The molecule has 0 saturated heterocycles. The van der Waals surface area contributed by atoms with Crippen LogP contribution < -0.4 is 10.1 Å². The monoisotopic (exact) mass is 442 g/mol. The van der Waals surface area contributed by atoms with Gasteiger partial charge in [-0.3, -0.25) is 4.79 Å². The molecule has 0 spiro atoms. The van der Waals surface area contributed by atoms with Crippen LogP contribution in [0.25, 0.3) is 0 Å². The molecule has 1 N–H and O–H groups in total. The van der Waals surface area contributed by atoms with Crippen LogP contribution in [0.1, 0.15) is 22.8 Å². The van der Waals surface area contributed by atoms with Gasteiger partial charge in [0.15, 0.2) is 0 Å². The Bertz CT molecular complexity index is 1150.